The number of nitrogens with zero attached hydrogens (tertiary/aromatic N) is 5. The Morgan fingerprint density at radius 1 is 1.17 bits per heavy atom. The van der Waals surface area contributed by atoms with Crippen LogP contribution in [0.15, 0.2) is 0 Å². The van der Waals surface area contributed by atoms with Gasteiger partial charge in [0, 0.05) is 26.2 Å². The van der Waals surface area contributed by atoms with Crippen molar-refractivity contribution in [1.29, 1.82) is 5.26 Å². The first kappa shape index (κ1) is 16.1. The Kier molecular flexibility index (Phi) is 5.05. The van der Waals surface area contributed by atoms with Crippen LogP contribution in [0.1, 0.15) is 5.56 Å². The van der Waals surface area contributed by atoms with Gasteiger partial charge in [-0.05, 0) is 0 Å². The van der Waals surface area contributed by atoms with Crippen LogP contribution < -0.4 is 19.9 Å². The quantitative estimate of drug-likeness (QED) is 0.726. The van der Waals surface area contributed by atoms with Crippen molar-refractivity contribution in [1.82, 2.24) is 15.3 Å². The van der Waals surface area contributed by atoms with Gasteiger partial charge in [-0.15, -0.1) is 0 Å². The maximum absolute atomic E-state index is 11.6. The van der Waals surface area contributed by atoms with E-state index in [1.807, 2.05) is 4.90 Å². The third kappa shape index (κ3) is 3.44. The molecule has 2 saturated heterocycles. The first-order valence-electron chi connectivity index (χ1n) is 7.64. The van der Waals surface area contributed by atoms with Crippen molar-refractivity contribution in [3.63, 3.8) is 0 Å². The lowest BCUT2D eigenvalue weighted by Gasteiger charge is -2.32. The molecule has 0 saturated carbocycles. The zero-order valence-electron chi connectivity index (χ0n) is 13.1. The molecule has 1 aromatic rings. The van der Waals surface area contributed by atoms with Gasteiger partial charge in [-0.25, -0.2) is 0 Å². The standard InChI is InChI=1S/C14H20N6O2S/c1-22-13-11(10-15)12(19-6-8-23(21)9-7-19)17-14(18-13)20-4-2-16-3-5-20/h16H,2-9H2,1H3. The fourth-order valence-corrected chi connectivity index (χ4v) is 3.80. The first-order chi connectivity index (χ1) is 11.2. The highest BCUT2D eigenvalue weighted by Crippen LogP contribution is 2.29. The smallest absolute Gasteiger partial charge is 0.238 e. The molecule has 2 aliphatic rings. The molecule has 0 bridgehead atoms. The van der Waals surface area contributed by atoms with Gasteiger partial charge in [-0.1, -0.05) is 11.2 Å². The van der Waals surface area contributed by atoms with Crippen LogP contribution in [0.4, 0.5) is 11.8 Å². The number of hydrogen-bond acceptors (Lipinski definition) is 8. The van der Waals surface area contributed by atoms with Gasteiger partial charge in [0.1, 0.15) is 17.6 Å². The Morgan fingerprint density at radius 3 is 2.48 bits per heavy atom. The van der Waals surface area contributed by atoms with Crippen LogP contribution in [0, 0.1) is 11.3 Å². The van der Waals surface area contributed by atoms with E-state index in [4.69, 9.17) is 4.74 Å². The van der Waals surface area contributed by atoms with Crippen LogP contribution in [-0.2, 0) is 11.2 Å². The monoisotopic (exact) mass is 336 g/mol. The van der Waals surface area contributed by atoms with Crippen LogP contribution in [-0.4, -0.2) is 72.4 Å². The fraction of sp³-hybridized carbons (Fsp3) is 0.643. The molecule has 0 aliphatic carbocycles. The second-order valence-electron chi connectivity index (χ2n) is 5.42. The predicted octanol–water partition coefficient (Wildman–Crippen LogP) is -0.665. The number of hydrogen-bond donors (Lipinski definition) is 1. The van der Waals surface area contributed by atoms with Crippen molar-refractivity contribution in [2.45, 2.75) is 0 Å². The summed E-state index contributed by atoms with van der Waals surface area (Å²) in [4.78, 5) is 13.1. The minimum absolute atomic E-state index is 0.303. The lowest BCUT2D eigenvalue weighted by Crippen LogP contribution is -2.45. The van der Waals surface area contributed by atoms with Crippen molar-refractivity contribution < 1.29 is 9.29 Å². The van der Waals surface area contributed by atoms with Crippen molar-refractivity contribution in [2.24, 2.45) is 0 Å². The molecule has 0 amide bonds. The summed E-state index contributed by atoms with van der Waals surface area (Å²) in [5, 5.41) is 12.8. The number of anilines is 2. The summed E-state index contributed by atoms with van der Waals surface area (Å²) in [6.45, 7) is 4.65. The van der Waals surface area contributed by atoms with Crippen LogP contribution in [0.5, 0.6) is 5.88 Å². The van der Waals surface area contributed by atoms with Crippen molar-refractivity contribution >= 4 is 22.9 Å². The zero-order chi connectivity index (χ0) is 16.2. The number of nitriles is 1. The predicted molar refractivity (Wildman–Crippen MR) is 88.5 cm³/mol. The van der Waals surface area contributed by atoms with Crippen LogP contribution >= 0.6 is 0 Å². The minimum Gasteiger partial charge on any atom is -0.616 e. The van der Waals surface area contributed by atoms with E-state index in [1.54, 1.807) is 0 Å². The Morgan fingerprint density at radius 2 is 1.87 bits per heavy atom. The van der Waals surface area contributed by atoms with Crippen LogP contribution in [0.3, 0.4) is 0 Å². The van der Waals surface area contributed by atoms with E-state index in [-0.39, 0.29) is 0 Å². The topological polar surface area (TPSA) is 100 Å². The van der Waals surface area contributed by atoms with E-state index in [0.717, 1.165) is 26.2 Å². The maximum atomic E-state index is 11.6. The number of methoxy groups -OCH3 is 1. The lowest BCUT2D eigenvalue weighted by atomic mass is 10.3. The molecule has 8 nitrogen and oxygen atoms in total. The zero-order valence-corrected chi connectivity index (χ0v) is 13.9. The van der Waals surface area contributed by atoms with Gasteiger partial charge in [0.15, 0.2) is 11.4 Å². The van der Waals surface area contributed by atoms with Gasteiger partial charge >= 0.3 is 0 Å². The molecule has 0 unspecified atom stereocenters. The summed E-state index contributed by atoms with van der Waals surface area (Å²) in [6.07, 6.45) is 0. The minimum atomic E-state index is -0.778. The first-order valence-corrected chi connectivity index (χ1v) is 9.13. The molecule has 3 rings (SSSR count). The molecule has 0 radical (unpaired) electrons. The highest BCUT2D eigenvalue weighted by Gasteiger charge is 2.27. The molecule has 0 atom stereocenters. The van der Waals surface area contributed by atoms with E-state index in [0.29, 0.717) is 47.8 Å². The van der Waals surface area contributed by atoms with Gasteiger partial charge < -0.3 is 24.4 Å². The molecule has 3 heterocycles. The van der Waals surface area contributed by atoms with Gasteiger partial charge in [-0.2, -0.15) is 15.2 Å². The molecular formula is C14H20N6O2S. The molecule has 0 spiro atoms. The third-order valence-corrected chi connectivity index (χ3v) is 5.30. The fourth-order valence-electron chi connectivity index (χ4n) is 2.75. The van der Waals surface area contributed by atoms with Gasteiger partial charge in [-0.3, -0.25) is 0 Å². The molecule has 23 heavy (non-hydrogen) atoms. The van der Waals surface area contributed by atoms with E-state index in [2.05, 4.69) is 26.3 Å². The molecule has 1 N–H and O–H groups in total. The summed E-state index contributed by atoms with van der Waals surface area (Å²) in [6, 6.07) is 2.16. The third-order valence-electron chi connectivity index (χ3n) is 4.03. The summed E-state index contributed by atoms with van der Waals surface area (Å²) in [7, 11) is 1.51. The number of nitrogens with one attached hydrogen (secondary N) is 1. The van der Waals surface area contributed by atoms with Gasteiger partial charge in [0.2, 0.25) is 11.8 Å². The Bertz CT molecular complexity index is 594. The molecule has 2 fully saturated rings. The number of rotatable bonds is 3. The van der Waals surface area contributed by atoms with E-state index in [1.165, 1.54) is 7.11 Å². The average molecular weight is 336 g/mol. The highest BCUT2D eigenvalue weighted by atomic mass is 32.2. The molecular weight excluding hydrogens is 316 g/mol. The Hall–Kier alpha value is -1.76. The van der Waals surface area contributed by atoms with E-state index < -0.39 is 11.2 Å². The lowest BCUT2D eigenvalue weighted by molar-refractivity contribution is 0.394. The largest absolute Gasteiger partial charge is 0.616 e. The van der Waals surface area contributed by atoms with Gasteiger partial charge in [0.25, 0.3) is 0 Å². The van der Waals surface area contributed by atoms with Crippen molar-refractivity contribution in [3.8, 4) is 11.9 Å². The second-order valence-corrected chi connectivity index (χ2v) is 7.11. The Balaban J connectivity index is 1.96. The van der Waals surface area contributed by atoms with Crippen molar-refractivity contribution in [2.75, 3.05) is 67.7 Å². The summed E-state index contributed by atoms with van der Waals surface area (Å²) >= 11 is -0.778. The Labute approximate surface area is 138 Å². The SMILES string of the molecule is COc1nc(N2CCNCC2)nc(N2CC[S+]([O-])CC2)c1C#N. The summed E-state index contributed by atoms with van der Waals surface area (Å²) in [5.74, 6) is 2.67. The number of ether oxygens (including phenoxy) is 1. The summed E-state index contributed by atoms with van der Waals surface area (Å²) in [5.41, 5.74) is 0.346. The molecule has 1 aromatic heterocycles. The van der Waals surface area contributed by atoms with Crippen molar-refractivity contribution in [3.05, 3.63) is 5.56 Å². The number of piperazine rings is 1. The van der Waals surface area contributed by atoms with Gasteiger partial charge in [0.05, 0.1) is 20.2 Å². The van der Waals surface area contributed by atoms with Crippen LogP contribution in [0.25, 0.3) is 0 Å². The molecule has 124 valence electrons. The van der Waals surface area contributed by atoms with E-state index in [9.17, 15) is 9.81 Å². The maximum Gasteiger partial charge on any atom is 0.238 e. The molecule has 2 aliphatic heterocycles. The highest BCUT2D eigenvalue weighted by molar-refractivity contribution is 7.91. The van der Waals surface area contributed by atoms with E-state index >= 15 is 0 Å². The second kappa shape index (κ2) is 7.21. The van der Waals surface area contributed by atoms with Crippen LogP contribution in [0.2, 0.25) is 0 Å². The normalized spacial score (nSPS) is 19.5. The molecule has 9 heteroatoms. The number of aromatic nitrogens is 2. The molecule has 0 aromatic carbocycles. The summed E-state index contributed by atoms with van der Waals surface area (Å²) < 4.78 is 16.9. The average Bonchev–Trinajstić information content (AvgIpc) is 2.62.